The van der Waals surface area contributed by atoms with Crippen molar-refractivity contribution < 1.29 is 13.9 Å². The minimum absolute atomic E-state index is 0. The number of amides is 1. The summed E-state index contributed by atoms with van der Waals surface area (Å²) in [4.78, 5) is 21.9. The first kappa shape index (κ1) is 22.1. The minimum Gasteiger partial charge on any atom is -0.459 e. The zero-order valence-electron chi connectivity index (χ0n) is 16.1. The lowest BCUT2D eigenvalue weighted by Crippen LogP contribution is -2.39. The maximum Gasteiger partial charge on any atom is 0.295 e. The Morgan fingerprint density at radius 1 is 1.31 bits per heavy atom. The summed E-state index contributed by atoms with van der Waals surface area (Å²) >= 11 is 7.81. The van der Waals surface area contributed by atoms with Crippen LogP contribution in [0.4, 0.5) is 5.13 Å². The fourth-order valence-electron chi connectivity index (χ4n) is 3.30. The third kappa shape index (κ3) is 4.92. The van der Waals surface area contributed by atoms with Gasteiger partial charge in [-0.05, 0) is 37.1 Å². The van der Waals surface area contributed by atoms with E-state index in [1.54, 1.807) is 17.0 Å². The van der Waals surface area contributed by atoms with Gasteiger partial charge in [0.1, 0.15) is 0 Å². The first-order valence-corrected chi connectivity index (χ1v) is 10.5. The van der Waals surface area contributed by atoms with Crippen LogP contribution in [-0.4, -0.2) is 55.2 Å². The van der Waals surface area contributed by atoms with Crippen molar-refractivity contribution in [3.63, 3.8) is 0 Å². The number of fused-ring (bicyclic) bond motifs is 1. The molecule has 0 saturated carbocycles. The summed E-state index contributed by atoms with van der Waals surface area (Å²) in [6.07, 6.45) is 2.35. The normalized spacial score (nSPS) is 14.7. The van der Waals surface area contributed by atoms with Gasteiger partial charge in [0.15, 0.2) is 10.9 Å². The third-order valence-corrected chi connectivity index (χ3v) is 6.39. The van der Waals surface area contributed by atoms with Crippen molar-refractivity contribution in [2.45, 2.75) is 13.3 Å². The number of carbonyl (C=O) groups is 1. The highest BCUT2D eigenvalue weighted by atomic mass is 35.5. The molecule has 0 spiro atoms. The molecule has 9 heteroatoms. The highest BCUT2D eigenvalue weighted by Crippen LogP contribution is 2.36. The number of furan rings is 1. The molecule has 0 N–H and O–H groups in total. The molecule has 1 aromatic carbocycles. The molecule has 1 aliphatic heterocycles. The number of aromatic nitrogens is 1. The van der Waals surface area contributed by atoms with Gasteiger partial charge in [0.05, 0.1) is 34.7 Å². The number of thiazole rings is 1. The number of nitrogens with zero attached hydrogens (tertiary/aromatic N) is 3. The molecule has 6 nitrogen and oxygen atoms in total. The van der Waals surface area contributed by atoms with Gasteiger partial charge >= 0.3 is 0 Å². The summed E-state index contributed by atoms with van der Waals surface area (Å²) in [6.45, 7) is 6.88. The molecule has 3 aromatic rings. The molecule has 3 heterocycles. The van der Waals surface area contributed by atoms with E-state index in [4.69, 9.17) is 25.7 Å². The minimum atomic E-state index is -0.181. The van der Waals surface area contributed by atoms with Gasteiger partial charge in [0.25, 0.3) is 5.91 Å². The van der Waals surface area contributed by atoms with Gasteiger partial charge in [-0.3, -0.25) is 14.6 Å². The molecule has 1 amide bonds. The average Bonchev–Trinajstić information content (AvgIpc) is 3.39. The fraction of sp³-hybridized carbons (Fsp3) is 0.400. The number of carbonyl (C=O) groups excluding carboxylic acids is 1. The third-order valence-electron chi connectivity index (χ3n) is 4.85. The highest BCUT2D eigenvalue weighted by molar-refractivity contribution is 7.23. The van der Waals surface area contributed by atoms with Gasteiger partial charge in [-0.1, -0.05) is 29.0 Å². The largest absolute Gasteiger partial charge is 0.459 e. The molecule has 4 rings (SSSR count). The number of ether oxygens (including phenoxy) is 1. The van der Waals surface area contributed by atoms with Gasteiger partial charge in [0, 0.05) is 26.2 Å². The Hall–Kier alpha value is -1.64. The Morgan fingerprint density at radius 2 is 2.10 bits per heavy atom. The van der Waals surface area contributed by atoms with E-state index in [0.29, 0.717) is 22.5 Å². The molecular weight excluding hydrogens is 433 g/mol. The van der Waals surface area contributed by atoms with Crippen LogP contribution in [0.25, 0.3) is 10.2 Å². The van der Waals surface area contributed by atoms with Crippen molar-refractivity contribution in [2.24, 2.45) is 0 Å². The second-order valence-electron chi connectivity index (χ2n) is 6.78. The molecule has 1 fully saturated rings. The van der Waals surface area contributed by atoms with Gasteiger partial charge in [0.2, 0.25) is 0 Å². The molecule has 0 radical (unpaired) electrons. The van der Waals surface area contributed by atoms with Crippen molar-refractivity contribution in [3.05, 3.63) is 46.9 Å². The highest BCUT2D eigenvalue weighted by Gasteiger charge is 2.24. The van der Waals surface area contributed by atoms with E-state index in [-0.39, 0.29) is 18.3 Å². The second kappa shape index (κ2) is 9.91. The number of halogens is 2. The zero-order valence-corrected chi connectivity index (χ0v) is 18.5. The molecule has 0 aliphatic carbocycles. The summed E-state index contributed by atoms with van der Waals surface area (Å²) in [7, 11) is 0. The maximum absolute atomic E-state index is 13.1. The standard InChI is InChI=1S/C20H22ClN3O3S.ClH/c1-14-5-6-15(21)18-17(14)22-20(28-18)24(19(25)16-4-2-11-27-16)8-3-7-23-9-12-26-13-10-23;/h2,4-6,11H,3,7-10,12-13H2,1H3;1H. The van der Waals surface area contributed by atoms with Crippen molar-refractivity contribution in [2.75, 3.05) is 44.3 Å². The van der Waals surface area contributed by atoms with Gasteiger partial charge in [-0.25, -0.2) is 4.98 Å². The van der Waals surface area contributed by atoms with Crippen LogP contribution in [0.5, 0.6) is 0 Å². The predicted octanol–water partition coefficient (Wildman–Crippen LogP) is 4.64. The van der Waals surface area contributed by atoms with Crippen LogP contribution in [0.1, 0.15) is 22.5 Å². The van der Waals surface area contributed by atoms with Gasteiger partial charge < -0.3 is 9.15 Å². The number of rotatable bonds is 6. The molecule has 29 heavy (non-hydrogen) atoms. The Kier molecular flexibility index (Phi) is 7.54. The van der Waals surface area contributed by atoms with E-state index in [1.165, 1.54) is 17.6 Å². The molecular formula is C20H23Cl2N3O3S. The van der Waals surface area contributed by atoms with Crippen LogP contribution in [-0.2, 0) is 4.74 Å². The van der Waals surface area contributed by atoms with Gasteiger partial charge in [-0.15, -0.1) is 12.4 Å². The number of hydrogen-bond donors (Lipinski definition) is 0. The number of morpholine rings is 1. The first-order valence-electron chi connectivity index (χ1n) is 9.34. The SMILES string of the molecule is Cc1ccc(Cl)c2sc(N(CCCN3CCOCC3)C(=O)c3ccco3)nc12.Cl. The summed E-state index contributed by atoms with van der Waals surface area (Å²) in [5.74, 6) is 0.133. The molecule has 156 valence electrons. The van der Waals surface area contributed by atoms with E-state index < -0.39 is 0 Å². The maximum atomic E-state index is 13.1. The Labute approximate surface area is 184 Å². The van der Waals surface area contributed by atoms with E-state index >= 15 is 0 Å². The summed E-state index contributed by atoms with van der Waals surface area (Å²) in [5, 5.41) is 1.30. The fourth-order valence-corrected chi connectivity index (χ4v) is 4.64. The molecule has 1 aliphatic rings. The lowest BCUT2D eigenvalue weighted by molar-refractivity contribution is 0.0376. The zero-order chi connectivity index (χ0) is 19.5. The van der Waals surface area contributed by atoms with Crippen LogP contribution in [0, 0.1) is 6.92 Å². The molecule has 2 aromatic heterocycles. The Balaban J connectivity index is 0.00000240. The summed E-state index contributed by atoms with van der Waals surface area (Å²) in [6, 6.07) is 7.23. The molecule has 0 bridgehead atoms. The Morgan fingerprint density at radius 3 is 2.79 bits per heavy atom. The van der Waals surface area contributed by atoms with E-state index in [9.17, 15) is 4.79 Å². The van der Waals surface area contributed by atoms with E-state index in [0.717, 1.165) is 55.0 Å². The topological polar surface area (TPSA) is 58.8 Å². The smallest absolute Gasteiger partial charge is 0.295 e. The van der Waals surface area contributed by atoms with Crippen molar-refractivity contribution in [3.8, 4) is 0 Å². The molecule has 0 atom stereocenters. The van der Waals surface area contributed by atoms with Crippen LogP contribution in [0.2, 0.25) is 5.02 Å². The Bertz CT molecular complexity index is 916. The predicted molar refractivity (Wildman–Crippen MR) is 119 cm³/mol. The lowest BCUT2D eigenvalue weighted by atomic mass is 10.2. The van der Waals surface area contributed by atoms with Crippen LogP contribution in [0.15, 0.2) is 34.9 Å². The van der Waals surface area contributed by atoms with Crippen molar-refractivity contribution in [1.29, 1.82) is 0 Å². The van der Waals surface area contributed by atoms with Crippen LogP contribution < -0.4 is 4.90 Å². The molecule has 0 unspecified atom stereocenters. The quantitative estimate of drug-likeness (QED) is 0.541. The lowest BCUT2D eigenvalue weighted by Gasteiger charge is -2.27. The van der Waals surface area contributed by atoms with E-state index in [2.05, 4.69) is 4.90 Å². The monoisotopic (exact) mass is 455 g/mol. The number of hydrogen-bond acceptors (Lipinski definition) is 6. The van der Waals surface area contributed by atoms with Crippen molar-refractivity contribution >= 4 is 56.6 Å². The average molecular weight is 456 g/mol. The number of benzene rings is 1. The summed E-state index contributed by atoms with van der Waals surface area (Å²) in [5.41, 5.74) is 1.89. The summed E-state index contributed by atoms with van der Waals surface area (Å²) < 4.78 is 11.7. The van der Waals surface area contributed by atoms with Crippen LogP contribution in [0.3, 0.4) is 0 Å². The second-order valence-corrected chi connectivity index (χ2v) is 8.16. The number of aryl methyl sites for hydroxylation is 1. The van der Waals surface area contributed by atoms with Crippen LogP contribution >= 0.6 is 35.3 Å². The van der Waals surface area contributed by atoms with Crippen molar-refractivity contribution in [1.82, 2.24) is 9.88 Å². The molecule has 1 saturated heterocycles. The number of anilines is 1. The first-order chi connectivity index (χ1) is 13.6. The van der Waals surface area contributed by atoms with Gasteiger partial charge in [-0.2, -0.15) is 0 Å². The van der Waals surface area contributed by atoms with E-state index in [1.807, 2.05) is 19.1 Å².